The van der Waals surface area contributed by atoms with Crippen LogP contribution in [-0.2, 0) is 4.79 Å². The van der Waals surface area contributed by atoms with Gasteiger partial charge in [-0.25, -0.2) is 13.8 Å². The molecular formula is C19H17Cl2F2N3O2S. The van der Waals surface area contributed by atoms with E-state index in [9.17, 15) is 13.6 Å². The summed E-state index contributed by atoms with van der Waals surface area (Å²) in [5.74, 6) is -1.55. The molecule has 0 N–H and O–H groups in total. The van der Waals surface area contributed by atoms with Crippen molar-refractivity contribution >= 4 is 55.8 Å². The van der Waals surface area contributed by atoms with Crippen LogP contribution in [0.5, 0.6) is 5.75 Å². The van der Waals surface area contributed by atoms with Crippen molar-refractivity contribution < 1.29 is 18.3 Å². The highest BCUT2D eigenvalue weighted by molar-refractivity contribution is 7.22. The van der Waals surface area contributed by atoms with Crippen LogP contribution in [0.1, 0.15) is 0 Å². The number of anilines is 1. The third kappa shape index (κ3) is 5.33. The first-order valence-electron chi connectivity index (χ1n) is 8.53. The van der Waals surface area contributed by atoms with E-state index in [4.69, 9.17) is 27.9 Å². The SMILES string of the molecule is CN(C)CCN(C(=O)COc1ccc(Cl)cc1Cl)c1nc2c(F)cc(F)cc2s1. The molecule has 1 amide bonds. The minimum Gasteiger partial charge on any atom is -0.482 e. The second-order valence-electron chi connectivity index (χ2n) is 6.44. The first-order valence-corrected chi connectivity index (χ1v) is 10.1. The minimum atomic E-state index is -0.772. The van der Waals surface area contributed by atoms with Gasteiger partial charge >= 0.3 is 0 Å². The lowest BCUT2D eigenvalue weighted by atomic mass is 10.3. The van der Waals surface area contributed by atoms with Crippen LogP contribution in [0, 0.1) is 11.6 Å². The highest BCUT2D eigenvalue weighted by Crippen LogP contribution is 2.32. The van der Waals surface area contributed by atoms with Gasteiger partial charge in [-0.2, -0.15) is 0 Å². The Balaban J connectivity index is 1.84. The lowest BCUT2D eigenvalue weighted by molar-refractivity contribution is -0.120. The normalized spacial score (nSPS) is 11.3. The summed E-state index contributed by atoms with van der Waals surface area (Å²) in [4.78, 5) is 20.3. The van der Waals surface area contributed by atoms with Gasteiger partial charge in [-0.1, -0.05) is 34.5 Å². The fraction of sp³-hybridized carbons (Fsp3) is 0.263. The van der Waals surface area contributed by atoms with Gasteiger partial charge in [-0.3, -0.25) is 9.69 Å². The molecular weight excluding hydrogens is 443 g/mol. The number of amides is 1. The second kappa shape index (κ2) is 9.21. The molecule has 0 saturated heterocycles. The summed E-state index contributed by atoms with van der Waals surface area (Å²) in [7, 11) is 3.72. The molecule has 154 valence electrons. The number of benzene rings is 2. The number of carbonyl (C=O) groups is 1. The summed E-state index contributed by atoms with van der Waals surface area (Å²) in [6.45, 7) is 0.537. The number of halogens is 4. The van der Waals surface area contributed by atoms with E-state index in [1.807, 2.05) is 19.0 Å². The summed E-state index contributed by atoms with van der Waals surface area (Å²) in [6.07, 6.45) is 0. The molecule has 0 radical (unpaired) electrons. The average molecular weight is 460 g/mol. The van der Waals surface area contributed by atoms with Crippen LogP contribution in [-0.4, -0.2) is 49.6 Å². The summed E-state index contributed by atoms with van der Waals surface area (Å²) >= 11 is 13.0. The van der Waals surface area contributed by atoms with E-state index in [1.165, 1.54) is 17.0 Å². The number of hydrogen-bond acceptors (Lipinski definition) is 5. The number of nitrogens with zero attached hydrogens (tertiary/aromatic N) is 3. The predicted molar refractivity (Wildman–Crippen MR) is 112 cm³/mol. The highest BCUT2D eigenvalue weighted by atomic mass is 35.5. The van der Waals surface area contributed by atoms with E-state index in [-0.39, 0.29) is 22.3 Å². The van der Waals surface area contributed by atoms with E-state index in [2.05, 4.69) is 4.98 Å². The standard InChI is InChI=1S/C19H17Cl2F2N3O2S/c1-25(2)5-6-26(17(27)10-28-15-4-3-11(20)7-13(15)21)19-24-18-14(23)8-12(22)9-16(18)29-19/h3-4,7-9H,5-6,10H2,1-2H3. The van der Waals surface area contributed by atoms with Crippen LogP contribution < -0.4 is 9.64 Å². The molecule has 2 aromatic carbocycles. The predicted octanol–water partition coefficient (Wildman–Crippen LogP) is 4.85. The minimum absolute atomic E-state index is 0.0238. The van der Waals surface area contributed by atoms with Gasteiger partial charge in [-0.05, 0) is 38.4 Å². The lowest BCUT2D eigenvalue weighted by Crippen LogP contribution is -2.39. The Kier molecular flexibility index (Phi) is 6.89. The Morgan fingerprint density at radius 2 is 1.93 bits per heavy atom. The Bertz CT molecular complexity index is 1050. The van der Waals surface area contributed by atoms with Crippen molar-refractivity contribution in [1.29, 1.82) is 0 Å². The topological polar surface area (TPSA) is 45.7 Å². The number of likely N-dealkylation sites (N-methyl/N-ethyl adjacent to an activating group) is 1. The van der Waals surface area contributed by atoms with E-state index < -0.39 is 17.5 Å². The van der Waals surface area contributed by atoms with E-state index in [1.54, 1.807) is 12.1 Å². The van der Waals surface area contributed by atoms with Crippen molar-refractivity contribution in [3.8, 4) is 5.75 Å². The molecule has 0 unspecified atom stereocenters. The molecule has 3 rings (SSSR count). The first kappa shape index (κ1) is 21.7. The van der Waals surface area contributed by atoms with Crippen LogP contribution in [0.2, 0.25) is 10.0 Å². The molecule has 0 saturated carbocycles. The van der Waals surface area contributed by atoms with Crippen molar-refractivity contribution in [3.05, 3.63) is 52.0 Å². The number of ether oxygens (including phenoxy) is 1. The lowest BCUT2D eigenvalue weighted by Gasteiger charge is -2.22. The highest BCUT2D eigenvalue weighted by Gasteiger charge is 2.22. The van der Waals surface area contributed by atoms with E-state index in [0.29, 0.717) is 28.6 Å². The number of hydrogen-bond donors (Lipinski definition) is 0. The van der Waals surface area contributed by atoms with E-state index in [0.717, 1.165) is 17.4 Å². The monoisotopic (exact) mass is 459 g/mol. The Morgan fingerprint density at radius 3 is 2.62 bits per heavy atom. The number of aromatic nitrogens is 1. The van der Waals surface area contributed by atoms with Gasteiger partial charge in [0.25, 0.3) is 5.91 Å². The van der Waals surface area contributed by atoms with Crippen molar-refractivity contribution in [2.24, 2.45) is 0 Å². The molecule has 0 aliphatic carbocycles. The van der Waals surface area contributed by atoms with Gasteiger partial charge < -0.3 is 9.64 Å². The molecule has 10 heteroatoms. The maximum absolute atomic E-state index is 14.0. The van der Waals surface area contributed by atoms with Gasteiger partial charge in [-0.15, -0.1) is 0 Å². The van der Waals surface area contributed by atoms with Crippen molar-refractivity contribution in [3.63, 3.8) is 0 Å². The van der Waals surface area contributed by atoms with Crippen LogP contribution in [0.25, 0.3) is 10.2 Å². The molecule has 1 heterocycles. The third-order valence-corrected chi connectivity index (χ3v) is 5.51. The Hall–Kier alpha value is -2.00. The molecule has 0 fully saturated rings. The molecule has 0 atom stereocenters. The zero-order valence-corrected chi connectivity index (χ0v) is 17.9. The van der Waals surface area contributed by atoms with Gasteiger partial charge in [0.1, 0.15) is 17.1 Å². The number of rotatable bonds is 7. The molecule has 5 nitrogen and oxygen atoms in total. The Morgan fingerprint density at radius 1 is 1.17 bits per heavy atom. The van der Waals surface area contributed by atoms with Crippen LogP contribution in [0.4, 0.5) is 13.9 Å². The van der Waals surface area contributed by atoms with E-state index >= 15 is 0 Å². The molecule has 0 aliphatic rings. The van der Waals surface area contributed by atoms with Crippen LogP contribution >= 0.6 is 34.5 Å². The first-order chi connectivity index (χ1) is 13.7. The second-order valence-corrected chi connectivity index (χ2v) is 8.30. The zero-order valence-electron chi connectivity index (χ0n) is 15.6. The van der Waals surface area contributed by atoms with Crippen LogP contribution in [0.15, 0.2) is 30.3 Å². The summed E-state index contributed by atoms with van der Waals surface area (Å²) in [5, 5.41) is 0.995. The van der Waals surface area contributed by atoms with Gasteiger partial charge in [0.05, 0.1) is 9.72 Å². The summed E-state index contributed by atoms with van der Waals surface area (Å²) in [6, 6.07) is 6.64. The fourth-order valence-corrected chi connectivity index (χ4v) is 4.01. The molecule has 1 aromatic heterocycles. The average Bonchev–Trinajstić information content (AvgIpc) is 3.04. The van der Waals surface area contributed by atoms with Crippen LogP contribution in [0.3, 0.4) is 0 Å². The molecule has 29 heavy (non-hydrogen) atoms. The summed E-state index contributed by atoms with van der Waals surface area (Å²) in [5.41, 5.74) is 0.0238. The van der Waals surface area contributed by atoms with Gasteiger partial charge in [0.2, 0.25) is 0 Å². The maximum Gasteiger partial charge on any atom is 0.266 e. The number of carbonyl (C=O) groups excluding carboxylic acids is 1. The van der Waals surface area contributed by atoms with Gasteiger partial charge in [0.15, 0.2) is 17.6 Å². The summed E-state index contributed by atoms with van der Waals surface area (Å²) < 4.78 is 33.4. The van der Waals surface area contributed by atoms with Crippen molar-refractivity contribution in [2.75, 3.05) is 38.7 Å². The molecule has 0 aliphatic heterocycles. The maximum atomic E-state index is 14.0. The zero-order chi connectivity index (χ0) is 21.1. The molecule has 3 aromatic rings. The number of thiazole rings is 1. The largest absolute Gasteiger partial charge is 0.482 e. The third-order valence-electron chi connectivity index (χ3n) is 3.95. The molecule has 0 bridgehead atoms. The smallest absolute Gasteiger partial charge is 0.266 e. The van der Waals surface area contributed by atoms with Crippen molar-refractivity contribution in [2.45, 2.75) is 0 Å². The van der Waals surface area contributed by atoms with Crippen molar-refractivity contribution in [1.82, 2.24) is 9.88 Å². The Labute approximate surface area is 180 Å². The molecule has 0 spiro atoms. The quantitative estimate of drug-likeness (QED) is 0.506. The number of fused-ring (bicyclic) bond motifs is 1. The fourth-order valence-electron chi connectivity index (χ4n) is 2.50. The van der Waals surface area contributed by atoms with Gasteiger partial charge in [0, 0.05) is 24.2 Å².